The quantitative estimate of drug-likeness (QED) is 0.406. The molecule has 1 fully saturated rings. The van der Waals surface area contributed by atoms with Crippen LogP contribution in [0.4, 0.5) is 13.2 Å². The van der Waals surface area contributed by atoms with Gasteiger partial charge in [-0.05, 0) is 37.5 Å². The molecule has 1 atom stereocenters. The lowest BCUT2D eigenvalue weighted by molar-refractivity contribution is -0.165. The highest BCUT2D eigenvalue weighted by Gasteiger charge is 2.68. The summed E-state index contributed by atoms with van der Waals surface area (Å²) in [6, 6.07) is 6.66. The van der Waals surface area contributed by atoms with Gasteiger partial charge in [-0.3, -0.25) is 0 Å². The zero-order valence-corrected chi connectivity index (χ0v) is 20.4. The van der Waals surface area contributed by atoms with Crippen molar-refractivity contribution in [2.75, 3.05) is 6.26 Å². The molecule has 1 unspecified atom stereocenters. The SMILES string of the molecule is CS(=O)(=O)c1c(-c2nnc(C3(C(F)(F)F)CC3)o2)nn(-c2ccccc2Cl)c1C1C=CC(Cl)=CC1. The lowest BCUT2D eigenvalue weighted by Crippen LogP contribution is -2.28. The molecule has 5 rings (SSSR count). The van der Waals surface area contributed by atoms with E-state index in [4.69, 9.17) is 27.6 Å². The van der Waals surface area contributed by atoms with E-state index in [0.29, 0.717) is 17.1 Å². The number of aromatic nitrogens is 4. The van der Waals surface area contributed by atoms with E-state index >= 15 is 0 Å². The van der Waals surface area contributed by atoms with Crippen molar-refractivity contribution in [2.45, 2.75) is 41.7 Å². The van der Waals surface area contributed by atoms with Crippen LogP contribution < -0.4 is 0 Å². The Morgan fingerprint density at radius 2 is 1.89 bits per heavy atom. The average Bonchev–Trinajstić information content (AvgIpc) is 3.29. The monoisotopic (exact) mass is 544 g/mol. The van der Waals surface area contributed by atoms with Gasteiger partial charge in [-0.2, -0.15) is 18.3 Å². The second-order valence-corrected chi connectivity index (χ2v) is 11.3. The molecule has 3 aromatic rings. The highest BCUT2D eigenvalue weighted by atomic mass is 35.5. The molecule has 0 aliphatic heterocycles. The van der Waals surface area contributed by atoms with Gasteiger partial charge >= 0.3 is 6.18 Å². The molecule has 2 aliphatic carbocycles. The van der Waals surface area contributed by atoms with E-state index in [2.05, 4.69) is 15.3 Å². The van der Waals surface area contributed by atoms with Gasteiger partial charge in [0.15, 0.2) is 15.5 Å². The number of allylic oxidation sites excluding steroid dienone is 4. The fourth-order valence-corrected chi connectivity index (χ4v) is 5.58. The van der Waals surface area contributed by atoms with Crippen molar-refractivity contribution < 1.29 is 26.0 Å². The molecule has 2 heterocycles. The van der Waals surface area contributed by atoms with Gasteiger partial charge in [0.1, 0.15) is 10.3 Å². The summed E-state index contributed by atoms with van der Waals surface area (Å²) in [5, 5.41) is 12.6. The first-order valence-corrected chi connectivity index (χ1v) is 13.1. The number of hydrogen-bond donors (Lipinski definition) is 0. The molecule has 0 amide bonds. The standard InChI is InChI=1S/C22H17Cl2F3N4O3S/c1-35(32,33)18-16(19-28-29-20(34-19)21(10-11-21)22(25,26)27)30-31(15-5-3-2-4-14(15)24)17(18)12-6-8-13(23)9-7-12/h2-6,8-9,12H,7,10-11H2,1H3. The lowest BCUT2D eigenvalue weighted by atomic mass is 9.96. The Bertz CT molecular complexity index is 1490. The van der Waals surface area contributed by atoms with Gasteiger partial charge in [0.05, 0.1) is 16.4 Å². The van der Waals surface area contributed by atoms with Crippen LogP contribution in [-0.2, 0) is 15.3 Å². The fraction of sp³-hybridized carbons (Fsp3) is 0.318. The second kappa shape index (κ2) is 8.21. The van der Waals surface area contributed by atoms with Crippen LogP contribution in [0.2, 0.25) is 5.02 Å². The van der Waals surface area contributed by atoms with E-state index in [1.165, 1.54) is 4.68 Å². The van der Waals surface area contributed by atoms with Crippen LogP contribution in [-0.4, -0.2) is 40.8 Å². The van der Waals surface area contributed by atoms with Crippen molar-refractivity contribution in [2.24, 2.45) is 0 Å². The minimum absolute atomic E-state index is 0.184. The summed E-state index contributed by atoms with van der Waals surface area (Å²) in [7, 11) is -3.98. The van der Waals surface area contributed by atoms with E-state index in [0.717, 1.165) is 6.26 Å². The van der Waals surface area contributed by atoms with Crippen LogP contribution >= 0.6 is 23.2 Å². The third-order valence-corrected chi connectivity index (χ3v) is 7.81. The Kier molecular flexibility index (Phi) is 5.65. The van der Waals surface area contributed by atoms with E-state index in [-0.39, 0.29) is 34.1 Å². The molecule has 7 nitrogen and oxygen atoms in total. The van der Waals surface area contributed by atoms with E-state index in [1.807, 2.05) is 0 Å². The maximum Gasteiger partial charge on any atom is 0.403 e. The summed E-state index contributed by atoms with van der Waals surface area (Å²) in [6.45, 7) is 0. The molecule has 0 saturated heterocycles. The summed E-state index contributed by atoms with van der Waals surface area (Å²) in [4.78, 5) is -0.231. The van der Waals surface area contributed by atoms with E-state index < -0.39 is 39.1 Å². The van der Waals surface area contributed by atoms with Crippen molar-refractivity contribution in [1.29, 1.82) is 0 Å². The summed E-state index contributed by atoms with van der Waals surface area (Å²) in [6.07, 6.45) is 1.50. The van der Waals surface area contributed by atoms with Gasteiger partial charge in [-0.25, -0.2) is 13.1 Å². The normalized spacial score (nSPS) is 19.6. The first-order chi connectivity index (χ1) is 16.4. The van der Waals surface area contributed by atoms with Gasteiger partial charge < -0.3 is 4.42 Å². The predicted molar refractivity (Wildman–Crippen MR) is 122 cm³/mol. The minimum atomic E-state index is -4.57. The van der Waals surface area contributed by atoms with E-state index in [1.54, 1.807) is 42.5 Å². The molecule has 35 heavy (non-hydrogen) atoms. The van der Waals surface area contributed by atoms with E-state index in [9.17, 15) is 21.6 Å². The predicted octanol–water partition coefficient (Wildman–Crippen LogP) is 5.74. The Morgan fingerprint density at radius 1 is 1.17 bits per heavy atom. The van der Waals surface area contributed by atoms with Crippen LogP contribution in [0.25, 0.3) is 17.3 Å². The third-order valence-electron chi connectivity index (χ3n) is 6.06. The minimum Gasteiger partial charge on any atom is -0.418 e. The summed E-state index contributed by atoms with van der Waals surface area (Å²) in [5.74, 6) is -1.51. The molecule has 1 aromatic carbocycles. The maximum atomic E-state index is 13.6. The average molecular weight is 545 g/mol. The number of alkyl halides is 3. The topological polar surface area (TPSA) is 90.9 Å². The summed E-state index contributed by atoms with van der Waals surface area (Å²) in [5.41, 5.74) is -1.83. The molecule has 2 aromatic heterocycles. The molecule has 1 saturated carbocycles. The number of para-hydroxylation sites is 1. The second-order valence-electron chi connectivity index (χ2n) is 8.48. The zero-order chi connectivity index (χ0) is 25.2. The fourth-order valence-electron chi connectivity index (χ4n) is 4.11. The third kappa shape index (κ3) is 4.09. The summed E-state index contributed by atoms with van der Waals surface area (Å²) < 4.78 is 73.6. The van der Waals surface area contributed by atoms with Crippen LogP contribution in [0, 0.1) is 0 Å². The molecule has 0 N–H and O–H groups in total. The number of nitrogens with zero attached hydrogens (tertiary/aromatic N) is 4. The zero-order valence-electron chi connectivity index (χ0n) is 18.1. The van der Waals surface area contributed by atoms with Crippen LogP contribution in [0.1, 0.15) is 36.8 Å². The largest absolute Gasteiger partial charge is 0.418 e. The van der Waals surface area contributed by atoms with Crippen molar-refractivity contribution in [3.8, 4) is 17.3 Å². The van der Waals surface area contributed by atoms with Crippen molar-refractivity contribution in [3.63, 3.8) is 0 Å². The molecule has 0 spiro atoms. The first kappa shape index (κ1) is 24.1. The lowest BCUT2D eigenvalue weighted by Gasteiger charge is -2.18. The van der Waals surface area contributed by atoms with Crippen molar-refractivity contribution >= 4 is 33.0 Å². The number of sulfone groups is 1. The van der Waals surface area contributed by atoms with Crippen LogP contribution in [0.5, 0.6) is 0 Å². The van der Waals surface area contributed by atoms with Gasteiger partial charge in [-0.15, -0.1) is 10.2 Å². The highest BCUT2D eigenvalue weighted by Crippen LogP contribution is 2.58. The van der Waals surface area contributed by atoms with Crippen molar-refractivity contribution in [1.82, 2.24) is 20.0 Å². The van der Waals surface area contributed by atoms with Gasteiger partial charge in [-0.1, -0.05) is 47.5 Å². The van der Waals surface area contributed by atoms with Crippen molar-refractivity contribution in [3.05, 3.63) is 64.1 Å². The number of rotatable bonds is 5. The summed E-state index contributed by atoms with van der Waals surface area (Å²) >= 11 is 12.5. The molecule has 184 valence electrons. The van der Waals surface area contributed by atoms with Crippen LogP contribution in [0.3, 0.4) is 0 Å². The Balaban J connectivity index is 1.75. The molecular formula is C22H17Cl2F3N4O3S. The maximum absolute atomic E-state index is 13.6. The molecule has 0 radical (unpaired) electrons. The first-order valence-electron chi connectivity index (χ1n) is 10.5. The molecule has 13 heteroatoms. The molecule has 2 aliphatic rings. The van der Waals surface area contributed by atoms with Gasteiger partial charge in [0.2, 0.25) is 5.89 Å². The molecular weight excluding hydrogens is 528 g/mol. The smallest absolute Gasteiger partial charge is 0.403 e. The number of hydrogen-bond acceptors (Lipinski definition) is 6. The Labute approximate surface area is 208 Å². The number of benzene rings is 1. The van der Waals surface area contributed by atoms with Crippen LogP contribution in [0.15, 0.2) is 56.8 Å². The highest BCUT2D eigenvalue weighted by molar-refractivity contribution is 7.90. The van der Waals surface area contributed by atoms with Gasteiger partial charge in [0, 0.05) is 17.2 Å². The van der Waals surface area contributed by atoms with Gasteiger partial charge in [0.25, 0.3) is 5.89 Å². The Morgan fingerprint density at radius 3 is 2.46 bits per heavy atom. The molecule has 0 bridgehead atoms. The number of halogens is 5. The Hall–Kier alpha value is -2.63.